The summed E-state index contributed by atoms with van der Waals surface area (Å²) < 4.78 is 6.79. The fourth-order valence-corrected chi connectivity index (χ4v) is 10.6. The van der Waals surface area contributed by atoms with E-state index in [2.05, 4.69) is 213 Å². The molecule has 2 heteroatoms. The molecule has 2 nitrogen and oxygen atoms in total. The topological polar surface area (TPSA) is 16.4 Å². The lowest BCUT2D eigenvalue weighted by Gasteiger charge is -2.35. The van der Waals surface area contributed by atoms with Crippen LogP contribution < -0.4 is 4.90 Å². The van der Waals surface area contributed by atoms with Crippen LogP contribution >= 0.6 is 0 Å². The van der Waals surface area contributed by atoms with Gasteiger partial charge in [0, 0.05) is 27.3 Å². The molecule has 0 atom stereocenters. The van der Waals surface area contributed by atoms with Crippen LogP contribution in [0.4, 0.5) is 17.1 Å². The smallest absolute Gasteiger partial charge is 0.159 e. The second-order valence-corrected chi connectivity index (χ2v) is 16.4. The lowest BCUT2D eigenvalue weighted by Crippen LogP contribution is -2.29. The lowest BCUT2D eigenvalue weighted by molar-refractivity contribution is 0.660. The number of anilines is 3. The van der Waals surface area contributed by atoms with Gasteiger partial charge in [0.25, 0.3) is 0 Å². The van der Waals surface area contributed by atoms with Crippen LogP contribution in [-0.2, 0) is 10.8 Å². The molecule has 0 amide bonds. The highest BCUT2D eigenvalue weighted by atomic mass is 16.3. The SMILES string of the molecule is CC1(C)c2ccccc2-c2cc3c(cc21)-c1c(cc(N(c2ccccc2)c2cccc4c2oc2ccccc24)c2ccccc12)C3(c1ccccc1)c1ccccc1. The van der Waals surface area contributed by atoms with Gasteiger partial charge >= 0.3 is 0 Å². The average Bonchev–Trinajstić information content (AvgIpc) is 3.88. The van der Waals surface area contributed by atoms with Gasteiger partial charge in [-0.2, -0.15) is 0 Å². The Bertz CT molecular complexity index is 3210. The summed E-state index contributed by atoms with van der Waals surface area (Å²) in [7, 11) is 0. The maximum absolute atomic E-state index is 6.79. The molecule has 0 saturated heterocycles. The van der Waals surface area contributed by atoms with E-state index >= 15 is 0 Å². The van der Waals surface area contributed by atoms with Crippen molar-refractivity contribution in [3.63, 3.8) is 0 Å². The molecular formula is C56H39NO. The first-order chi connectivity index (χ1) is 28.5. The van der Waals surface area contributed by atoms with Crippen molar-refractivity contribution < 1.29 is 4.42 Å². The second kappa shape index (κ2) is 12.2. The molecule has 0 bridgehead atoms. The van der Waals surface area contributed by atoms with Crippen molar-refractivity contribution in [2.75, 3.05) is 4.90 Å². The third-order valence-electron chi connectivity index (χ3n) is 13.1. The van der Waals surface area contributed by atoms with Crippen LogP contribution in [0.5, 0.6) is 0 Å². The van der Waals surface area contributed by atoms with Crippen LogP contribution in [0.15, 0.2) is 205 Å². The monoisotopic (exact) mass is 741 g/mol. The molecule has 274 valence electrons. The van der Waals surface area contributed by atoms with Gasteiger partial charge in [-0.25, -0.2) is 0 Å². The molecule has 2 aliphatic rings. The molecular weight excluding hydrogens is 703 g/mol. The lowest BCUT2D eigenvalue weighted by atomic mass is 9.67. The summed E-state index contributed by atoms with van der Waals surface area (Å²) in [5.41, 5.74) is 17.3. The first-order valence-corrected chi connectivity index (χ1v) is 20.3. The molecule has 0 aliphatic heterocycles. The van der Waals surface area contributed by atoms with E-state index in [0.29, 0.717) is 0 Å². The molecule has 9 aromatic carbocycles. The van der Waals surface area contributed by atoms with Crippen molar-refractivity contribution in [1.29, 1.82) is 0 Å². The minimum Gasteiger partial charge on any atom is -0.454 e. The Morgan fingerprint density at radius 1 is 0.397 bits per heavy atom. The van der Waals surface area contributed by atoms with Gasteiger partial charge in [-0.05, 0) is 103 Å². The Labute approximate surface area is 338 Å². The number of rotatable bonds is 5. The van der Waals surface area contributed by atoms with Gasteiger partial charge in [-0.1, -0.05) is 172 Å². The van der Waals surface area contributed by atoms with Gasteiger partial charge in [-0.15, -0.1) is 0 Å². The van der Waals surface area contributed by atoms with E-state index in [0.717, 1.165) is 39.0 Å². The Kier molecular flexibility index (Phi) is 6.93. The Balaban J connectivity index is 1.25. The molecule has 1 aromatic heterocycles. The Hall–Kier alpha value is -7.16. The first kappa shape index (κ1) is 33.0. The van der Waals surface area contributed by atoms with Crippen LogP contribution in [-0.4, -0.2) is 0 Å². The Morgan fingerprint density at radius 3 is 1.72 bits per heavy atom. The van der Waals surface area contributed by atoms with Crippen LogP contribution in [0.2, 0.25) is 0 Å². The molecule has 2 aliphatic carbocycles. The van der Waals surface area contributed by atoms with E-state index < -0.39 is 5.41 Å². The largest absolute Gasteiger partial charge is 0.454 e. The van der Waals surface area contributed by atoms with E-state index in [1.807, 2.05) is 6.07 Å². The molecule has 1 heterocycles. The molecule has 0 spiro atoms. The first-order valence-electron chi connectivity index (χ1n) is 20.3. The summed E-state index contributed by atoms with van der Waals surface area (Å²) in [5, 5.41) is 4.64. The highest BCUT2D eigenvalue weighted by Crippen LogP contribution is 2.62. The molecule has 0 unspecified atom stereocenters. The Morgan fingerprint density at radius 2 is 0.983 bits per heavy atom. The van der Waals surface area contributed by atoms with E-state index in [1.54, 1.807) is 0 Å². The average molecular weight is 742 g/mol. The quantitative estimate of drug-likeness (QED) is 0.175. The minimum atomic E-state index is -0.615. The standard InChI is InChI=1S/C56H39NO/c1-55(2)46-30-16-14-25-39(46)44-33-48-45(34-47(44)55)53-42-28-13-12-26-40(42)51(35-49(53)56(48,36-19-6-3-7-20-36)37-21-8-4-9-22-37)57(38-23-10-5-11-24-38)50-31-18-29-43-41-27-15-17-32-52(41)58-54(43)50/h3-35H,1-2H3. The van der Waals surface area contributed by atoms with Crippen molar-refractivity contribution in [3.05, 3.63) is 234 Å². The van der Waals surface area contributed by atoms with Crippen molar-refractivity contribution in [2.24, 2.45) is 0 Å². The zero-order valence-corrected chi connectivity index (χ0v) is 32.4. The molecule has 0 saturated carbocycles. The van der Waals surface area contributed by atoms with Crippen LogP contribution in [0, 0.1) is 0 Å². The maximum Gasteiger partial charge on any atom is 0.159 e. The van der Waals surface area contributed by atoms with Crippen molar-refractivity contribution >= 4 is 49.8 Å². The van der Waals surface area contributed by atoms with E-state index in [9.17, 15) is 0 Å². The normalized spacial score (nSPS) is 14.3. The fraction of sp³-hybridized carbons (Fsp3) is 0.0714. The molecule has 10 aromatic rings. The summed E-state index contributed by atoms with van der Waals surface area (Å²) in [6.45, 7) is 4.78. The van der Waals surface area contributed by atoms with Crippen LogP contribution in [0.25, 0.3) is 55.0 Å². The summed E-state index contributed by atoms with van der Waals surface area (Å²) in [4.78, 5) is 2.43. The third kappa shape index (κ3) is 4.38. The fourth-order valence-electron chi connectivity index (χ4n) is 10.6. The van der Waals surface area contributed by atoms with Gasteiger partial charge in [0.15, 0.2) is 5.58 Å². The molecule has 12 rings (SSSR count). The number of benzene rings is 9. The van der Waals surface area contributed by atoms with Crippen molar-refractivity contribution in [3.8, 4) is 22.3 Å². The van der Waals surface area contributed by atoms with Gasteiger partial charge < -0.3 is 9.32 Å². The molecule has 58 heavy (non-hydrogen) atoms. The van der Waals surface area contributed by atoms with Gasteiger partial charge in [0.1, 0.15) is 5.58 Å². The summed E-state index contributed by atoms with van der Waals surface area (Å²) in [6.07, 6.45) is 0. The van der Waals surface area contributed by atoms with E-state index in [1.165, 1.54) is 66.4 Å². The number of fused-ring (bicyclic) bond motifs is 11. The summed E-state index contributed by atoms with van der Waals surface area (Å²) >= 11 is 0. The van der Waals surface area contributed by atoms with Crippen molar-refractivity contribution in [2.45, 2.75) is 24.7 Å². The third-order valence-corrected chi connectivity index (χ3v) is 13.1. The minimum absolute atomic E-state index is 0.142. The summed E-state index contributed by atoms with van der Waals surface area (Å²) in [5.74, 6) is 0. The number of hydrogen-bond acceptors (Lipinski definition) is 2. The van der Waals surface area contributed by atoms with E-state index in [-0.39, 0.29) is 5.41 Å². The van der Waals surface area contributed by atoms with Gasteiger partial charge in [0.2, 0.25) is 0 Å². The predicted molar refractivity (Wildman–Crippen MR) is 241 cm³/mol. The van der Waals surface area contributed by atoms with Crippen molar-refractivity contribution in [1.82, 2.24) is 0 Å². The highest BCUT2D eigenvalue weighted by Gasteiger charge is 2.49. The zero-order valence-electron chi connectivity index (χ0n) is 32.4. The van der Waals surface area contributed by atoms with Crippen LogP contribution in [0.3, 0.4) is 0 Å². The molecule has 0 N–H and O–H groups in total. The number of hydrogen-bond donors (Lipinski definition) is 0. The second-order valence-electron chi connectivity index (χ2n) is 16.4. The number of furan rings is 1. The van der Waals surface area contributed by atoms with Crippen LogP contribution in [0.1, 0.15) is 47.2 Å². The maximum atomic E-state index is 6.79. The predicted octanol–water partition coefficient (Wildman–Crippen LogP) is 14.9. The number of nitrogens with zero attached hydrogens (tertiary/aromatic N) is 1. The molecule has 0 radical (unpaired) electrons. The summed E-state index contributed by atoms with van der Waals surface area (Å²) in [6, 6.07) is 73.7. The number of para-hydroxylation sites is 3. The van der Waals surface area contributed by atoms with Gasteiger partial charge in [0.05, 0.1) is 16.8 Å². The zero-order chi connectivity index (χ0) is 38.6. The highest BCUT2D eigenvalue weighted by molar-refractivity contribution is 6.15. The molecule has 0 fully saturated rings. The van der Waals surface area contributed by atoms with E-state index in [4.69, 9.17) is 4.42 Å². The van der Waals surface area contributed by atoms with Gasteiger partial charge in [-0.3, -0.25) is 0 Å².